The van der Waals surface area contributed by atoms with Crippen LogP contribution in [0.3, 0.4) is 0 Å². The van der Waals surface area contributed by atoms with Crippen LogP contribution in [0.2, 0.25) is 0 Å². The zero-order valence-electron chi connectivity index (χ0n) is 9.01. The van der Waals surface area contributed by atoms with Gasteiger partial charge in [-0.1, -0.05) is 46.3 Å². The molecule has 84 valence electrons. The zero-order valence-corrected chi connectivity index (χ0v) is 10.6. The molecule has 0 radical (unpaired) electrons. The molecule has 3 heteroatoms. The van der Waals surface area contributed by atoms with Crippen LogP contribution >= 0.6 is 15.9 Å². The number of halogens is 1. The van der Waals surface area contributed by atoms with Gasteiger partial charge in [-0.2, -0.15) is 0 Å². The van der Waals surface area contributed by atoms with Gasteiger partial charge >= 0.3 is 0 Å². The fraction of sp³-hybridized carbons (Fsp3) is 0. The SMILES string of the molecule is O=C(/N=C/c1ccccc1)c1ccc(Br)cc1. The molecule has 17 heavy (non-hydrogen) atoms. The number of hydrogen-bond acceptors (Lipinski definition) is 1. The second kappa shape index (κ2) is 5.55. The van der Waals surface area contributed by atoms with Gasteiger partial charge in [0.25, 0.3) is 5.91 Å². The Kier molecular flexibility index (Phi) is 3.83. The van der Waals surface area contributed by atoms with Crippen LogP contribution < -0.4 is 0 Å². The third-order valence-corrected chi connectivity index (χ3v) is 2.75. The molecule has 2 rings (SSSR count). The van der Waals surface area contributed by atoms with Crippen molar-refractivity contribution in [3.63, 3.8) is 0 Å². The minimum atomic E-state index is -0.235. The highest BCUT2D eigenvalue weighted by Gasteiger charge is 2.01. The average Bonchev–Trinajstić information content (AvgIpc) is 2.38. The molecule has 2 nitrogen and oxygen atoms in total. The fourth-order valence-electron chi connectivity index (χ4n) is 1.34. The normalized spacial score (nSPS) is 10.6. The van der Waals surface area contributed by atoms with Gasteiger partial charge in [-0.3, -0.25) is 4.79 Å². The van der Waals surface area contributed by atoms with E-state index in [4.69, 9.17) is 0 Å². The van der Waals surface area contributed by atoms with Crippen molar-refractivity contribution in [1.82, 2.24) is 0 Å². The summed E-state index contributed by atoms with van der Waals surface area (Å²) >= 11 is 3.32. The molecular weight excluding hydrogens is 278 g/mol. The first-order chi connectivity index (χ1) is 8.25. The molecular formula is C14H10BrNO. The molecule has 2 aromatic carbocycles. The van der Waals surface area contributed by atoms with E-state index >= 15 is 0 Å². The molecule has 0 bridgehead atoms. The Morgan fingerprint density at radius 2 is 1.65 bits per heavy atom. The van der Waals surface area contributed by atoms with Crippen molar-refractivity contribution in [2.75, 3.05) is 0 Å². The highest BCUT2D eigenvalue weighted by molar-refractivity contribution is 9.10. The largest absolute Gasteiger partial charge is 0.276 e. The summed E-state index contributed by atoms with van der Waals surface area (Å²) in [7, 11) is 0. The maximum Gasteiger partial charge on any atom is 0.276 e. The lowest BCUT2D eigenvalue weighted by atomic mass is 10.2. The number of aliphatic imine (C=N–C) groups is 1. The van der Waals surface area contributed by atoms with E-state index in [0.717, 1.165) is 10.0 Å². The fourth-order valence-corrected chi connectivity index (χ4v) is 1.60. The maximum atomic E-state index is 11.7. The third kappa shape index (κ3) is 3.36. The van der Waals surface area contributed by atoms with Crippen LogP contribution in [0.5, 0.6) is 0 Å². The van der Waals surface area contributed by atoms with Crippen LogP contribution in [0.25, 0.3) is 0 Å². The molecule has 0 aromatic heterocycles. The van der Waals surface area contributed by atoms with Crippen molar-refractivity contribution in [3.8, 4) is 0 Å². The summed E-state index contributed by atoms with van der Waals surface area (Å²) in [6.07, 6.45) is 1.57. The monoisotopic (exact) mass is 287 g/mol. The van der Waals surface area contributed by atoms with Gasteiger partial charge in [-0.25, -0.2) is 4.99 Å². The first-order valence-corrected chi connectivity index (χ1v) is 5.94. The molecule has 0 fully saturated rings. The van der Waals surface area contributed by atoms with E-state index in [0.29, 0.717) is 5.56 Å². The van der Waals surface area contributed by atoms with E-state index in [1.165, 1.54) is 0 Å². The third-order valence-electron chi connectivity index (χ3n) is 2.22. The Morgan fingerprint density at radius 1 is 1.00 bits per heavy atom. The van der Waals surface area contributed by atoms with Gasteiger partial charge in [0.2, 0.25) is 0 Å². The molecule has 0 aliphatic rings. The molecule has 1 amide bonds. The van der Waals surface area contributed by atoms with Gasteiger partial charge in [-0.15, -0.1) is 0 Å². The molecule has 0 saturated heterocycles. The van der Waals surface area contributed by atoms with Gasteiger partial charge < -0.3 is 0 Å². The smallest absolute Gasteiger partial charge is 0.267 e. The van der Waals surface area contributed by atoms with E-state index in [1.54, 1.807) is 18.3 Å². The van der Waals surface area contributed by atoms with Crippen LogP contribution in [-0.2, 0) is 0 Å². The van der Waals surface area contributed by atoms with Crippen LogP contribution in [0, 0.1) is 0 Å². The first-order valence-electron chi connectivity index (χ1n) is 5.15. The van der Waals surface area contributed by atoms with Crippen LogP contribution in [-0.4, -0.2) is 12.1 Å². The number of rotatable bonds is 2. The van der Waals surface area contributed by atoms with Gasteiger partial charge in [0.1, 0.15) is 0 Å². The van der Waals surface area contributed by atoms with Gasteiger partial charge in [0, 0.05) is 16.3 Å². The van der Waals surface area contributed by atoms with E-state index in [-0.39, 0.29) is 5.91 Å². The van der Waals surface area contributed by atoms with Crippen LogP contribution in [0.4, 0.5) is 0 Å². The van der Waals surface area contributed by atoms with E-state index in [9.17, 15) is 4.79 Å². The highest BCUT2D eigenvalue weighted by Crippen LogP contribution is 2.11. The molecule has 0 saturated carbocycles. The minimum absolute atomic E-state index is 0.235. The number of carbonyl (C=O) groups excluding carboxylic acids is 1. The number of benzene rings is 2. The van der Waals surface area contributed by atoms with Crippen molar-refractivity contribution >= 4 is 28.1 Å². The zero-order chi connectivity index (χ0) is 12.1. The minimum Gasteiger partial charge on any atom is -0.267 e. The standard InChI is InChI=1S/C14H10BrNO/c15-13-8-6-12(7-9-13)14(17)16-10-11-4-2-1-3-5-11/h1-10H/b16-10+. The van der Waals surface area contributed by atoms with Crippen LogP contribution in [0.1, 0.15) is 15.9 Å². The Balaban J connectivity index is 2.12. The van der Waals surface area contributed by atoms with Crippen molar-refractivity contribution in [2.24, 2.45) is 4.99 Å². The molecule has 0 atom stereocenters. The van der Waals surface area contributed by atoms with Gasteiger partial charge in [-0.05, 0) is 29.8 Å². The molecule has 0 heterocycles. The van der Waals surface area contributed by atoms with Crippen molar-refractivity contribution in [3.05, 3.63) is 70.2 Å². The number of carbonyl (C=O) groups is 1. The van der Waals surface area contributed by atoms with Gasteiger partial charge in [0.15, 0.2) is 0 Å². The summed E-state index contributed by atoms with van der Waals surface area (Å²) in [5, 5.41) is 0. The Hall–Kier alpha value is -1.74. The van der Waals surface area contributed by atoms with Gasteiger partial charge in [0.05, 0.1) is 0 Å². The maximum absolute atomic E-state index is 11.7. The molecule has 2 aromatic rings. The summed E-state index contributed by atoms with van der Waals surface area (Å²) < 4.78 is 0.945. The number of amides is 1. The average molecular weight is 288 g/mol. The molecule has 0 unspecified atom stereocenters. The first kappa shape index (κ1) is 11.7. The number of hydrogen-bond donors (Lipinski definition) is 0. The van der Waals surface area contributed by atoms with Crippen LogP contribution in [0.15, 0.2) is 64.1 Å². The van der Waals surface area contributed by atoms with E-state index < -0.39 is 0 Å². The summed E-state index contributed by atoms with van der Waals surface area (Å²) in [6, 6.07) is 16.7. The van der Waals surface area contributed by atoms with E-state index in [2.05, 4.69) is 20.9 Å². The summed E-state index contributed by atoms with van der Waals surface area (Å²) in [5.74, 6) is -0.235. The lowest BCUT2D eigenvalue weighted by Gasteiger charge is -1.95. The molecule has 0 aliphatic carbocycles. The van der Waals surface area contributed by atoms with Crippen molar-refractivity contribution < 1.29 is 4.79 Å². The van der Waals surface area contributed by atoms with Crippen molar-refractivity contribution in [1.29, 1.82) is 0 Å². The Bertz CT molecular complexity index is 532. The predicted molar refractivity (Wildman–Crippen MR) is 72.5 cm³/mol. The Morgan fingerprint density at radius 3 is 2.29 bits per heavy atom. The Labute approximate surface area is 108 Å². The lowest BCUT2D eigenvalue weighted by Crippen LogP contribution is -1.95. The molecule has 0 spiro atoms. The second-order valence-corrected chi connectivity index (χ2v) is 4.40. The molecule has 0 aliphatic heterocycles. The topological polar surface area (TPSA) is 29.4 Å². The summed E-state index contributed by atoms with van der Waals surface area (Å²) in [6.45, 7) is 0. The number of nitrogens with zero attached hydrogens (tertiary/aromatic N) is 1. The summed E-state index contributed by atoms with van der Waals surface area (Å²) in [5.41, 5.74) is 1.50. The van der Waals surface area contributed by atoms with Crippen molar-refractivity contribution in [2.45, 2.75) is 0 Å². The highest BCUT2D eigenvalue weighted by atomic mass is 79.9. The molecule has 0 N–H and O–H groups in total. The van der Waals surface area contributed by atoms with E-state index in [1.807, 2.05) is 42.5 Å². The quantitative estimate of drug-likeness (QED) is 0.775. The second-order valence-electron chi connectivity index (χ2n) is 3.48. The lowest BCUT2D eigenvalue weighted by molar-refractivity contribution is 0.100. The predicted octanol–water partition coefficient (Wildman–Crippen LogP) is 3.71. The summed E-state index contributed by atoms with van der Waals surface area (Å²) in [4.78, 5) is 15.6.